The molecule has 26 heavy (non-hydrogen) atoms. The van der Waals surface area contributed by atoms with Crippen molar-refractivity contribution in [1.82, 2.24) is 0 Å². The van der Waals surface area contributed by atoms with Crippen LogP contribution in [0, 0.1) is 0 Å². The topological polar surface area (TPSA) is 17.1 Å². The fourth-order valence-electron chi connectivity index (χ4n) is 3.16. The molecule has 0 spiro atoms. The van der Waals surface area contributed by atoms with Crippen LogP contribution in [0.2, 0.25) is 0 Å². The maximum Gasteiger partial charge on any atom is 0.143 e. The van der Waals surface area contributed by atoms with Crippen LogP contribution >= 0.6 is 7.14 Å². The number of hydrogen-bond acceptors (Lipinski definition) is 1. The van der Waals surface area contributed by atoms with Gasteiger partial charge in [0.2, 0.25) is 0 Å². The van der Waals surface area contributed by atoms with Gasteiger partial charge in [-0.3, -0.25) is 0 Å². The van der Waals surface area contributed by atoms with E-state index in [9.17, 15) is 4.57 Å². The van der Waals surface area contributed by atoms with E-state index in [4.69, 9.17) is 0 Å². The molecule has 0 aliphatic heterocycles. The zero-order valence-corrected chi connectivity index (χ0v) is 15.7. The standard InChI is InChI=1S/C24H23OP/c1-3-20-17-21(4-2)19-22(18-20)15-16-26(25,23-11-7-5-8-12-23)24-13-9-6-10-14-24/h3-14,17-19H,1-2,15-16H2. The number of rotatable bonds is 7. The van der Waals surface area contributed by atoms with Crippen LogP contribution in [-0.4, -0.2) is 6.16 Å². The van der Waals surface area contributed by atoms with E-state index in [0.717, 1.165) is 33.7 Å². The van der Waals surface area contributed by atoms with E-state index in [0.29, 0.717) is 6.16 Å². The Morgan fingerprint density at radius 2 is 1.19 bits per heavy atom. The Balaban J connectivity index is 1.97. The summed E-state index contributed by atoms with van der Waals surface area (Å²) in [6, 6.07) is 25.9. The minimum Gasteiger partial charge on any atom is -0.314 e. The van der Waals surface area contributed by atoms with Crippen LogP contribution in [-0.2, 0) is 11.0 Å². The maximum absolute atomic E-state index is 14.1. The first-order valence-corrected chi connectivity index (χ1v) is 10.6. The van der Waals surface area contributed by atoms with E-state index in [1.165, 1.54) is 0 Å². The van der Waals surface area contributed by atoms with Crippen LogP contribution in [0.5, 0.6) is 0 Å². The highest BCUT2D eigenvalue weighted by atomic mass is 31.2. The summed E-state index contributed by atoms with van der Waals surface area (Å²) in [6.07, 6.45) is 5.01. The van der Waals surface area contributed by atoms with Crippen LogP contribution in [0.3, 0.4) is 0 Å². The quantitative estimate of drug-likeness (QED) is 0.508. The van der Waals surface area contributed by atoms with Crippen molar-refractivity contribution in [1.29, 1.82) is 0 Å². The fraction of sp³-hybridized carbons (Fsp3) is 0.0833. The molecule has 0 bridgehead atoms. The molecular weight excluding hydrogens is 335 g/mol. The van der Waals surface area contributed by atoms with Crippen LogP contribution in [0.4, 0.5) is 0 Å². The molecule has 2 heteroatoms. The lowest BCUT2D eigenvalue weighted by Crippen LogP contribution is -2.19. The second-order valence-corrected chi connectivity index (χ2v) is 9.26. The molecule has 3 rings (SSSR count). The maximum atomic E-state index is 14.1. The summed E-state index contributed by atoms with van der Waals surface area (Å²) < 4.78 is 14.1. The third-order valence-electron chi connectivity index (χ3n) is 4.57. The average molecular weight is 358 g/mol. The summed E-state index contributed by atoms with van der Waals surface area (Å²) in [5.41, 5.74) is 3.28. The molecular formula is C24H23OP. The molecule has 130 valence electrons. The van der Waals surface area contributed by atoms with E-state index in [-0.39, 0.29) is 0 Å². The minimum atomic E-state index is -2.69. The van der Waals surface area contributed by atoms with Gasteiger partial charge >= 0.3 is 0 Å². The highest BCUT2D eigenvalue weighted by molar-refractivity contribution is 7.78. The van der Waals surface area contributed by atoms with Crippen molar-refractivity contribution in [3.05, 3.63) is 109 Å². The van der Waals surface area contributed by atoms with Gasteiger partial charge in [-0.1, -0.05) is 98.1 Å². The number of aryl methyl sites for hydroxylation is 1. The molecule has 3 aromatic carbocycles. The van der Waals surface area contributed by atoms with Gasteiger partial charge in [0.15, 0.2) is 0 Å². The van der Waals surface area contributed by atoms with Crippen molar-refractivity contribution in [2.75, 3.05) is 6.16 Å². The molecule has 0 heterocycles. The van der Waals surface area contributed by atoms with Crippen molar-refractivity contribution < 1.29 is 4.57 Å². The van der Waals surface area contributed by atoms with Gasteiger partial charge in [0, 0.05) is 16.8 Å². The van der Waals surface area contributed by atoms with Crippen molar-refractivity contribution in [2.45, 2.75) is 6.42 Å². The summed E-state index contributed by atoms with van der Waals surface area (Å²) in [7, 11) is -2.69. The highest BCUT2D eigenvalue weighted by Crippen LogP contribution is 2.43. The van der Waals surface area contributed by atoms with Gasteiger partial charge in [0.1, 0.15) is 7.14 Å². The number of hydrogen-bond donors (Lipinski definition) is 0. The van der Waals surface area contributed by atoms with E-state index in [2.05, 4.69) is 31.4 Å². The Morgan fingerprint density at radius 1 is 0.731 bits per heavy atom. The Kier molecular flexibility index (Phi) is 5.71. The van der Waals surface area contributed by atoms with Gasteiger partial charge < -0.3 is 4.57 Å². The third-order valence-corrected chi connectivity index (χ3v) is 7.69. The van der Waals surface area contributed by atoms with E-state index < -0.39 is 7.14 Å². The lowest BCUT2D eigenvalue weighted by molar-refractivity contribution is 0.586. The zero-order chi connectivity index (χ0) is 18.4. The molecule has 3 aromatic rings. The summed E-state index contributed by atoms with van der Waals surface area (Å²) in [5, 5.41) is 1.82. The molecule has 0 fully saturated rings. The first-order valence-electron chi connectivity index (χ1n) is 8.75. The first kappa shape index (κ1) is 18.2. The van der Waals surface area contributed by atoms with Gasteiger partial charge in [0.25, 0.3) is 0 Å². The second kappa shape index (κ2) is 8.17. The normalized spacial score (nSPS) is 11.1. The average Bonchev–Trinajstić information content (AvgIpc) is 2.73. The fourth-order valence-corrected chi connectivity index (χ4v) is 5.85. The largest absolute Gasteiger partial charge is 0.314 e. The van der Waals surface area contributed by atoms with Gasteiger partial charge in [-0.25, -0.2) is 0 Å². The third kappa shape index (κ3) is 3.95. The second-order valence-electron chi connectivity index (χ2n) is 6.30. The highest BCUT2D eigenvalue weighted by Gasteiger charge is 2.26. The number of benzene rings is 3. The molecule has 0 aromatic heterocycles. The van der Waals surface area contributed by atoms with Crippen molar-refractivity contribution >= 4 is 29.9 Å². The predicted molar refractivity (Wildman–Crippen MR) is 115 cm³/mol. The van der Waals surface area contributed by atoms with Gasteiger partial charge in [-0.15, -0.1) is 0 Å². The zero-order valence-electron chi connectivity index (χ0n) is 14.8. The van der Waals surface area contributed by atoms with E-state index in [1.807, 2.05) is 72.8 Å². The molecule has 0 radical (unpaired) electrons. The molecule has 0 unspecified atom stereocenters. The first-order chi connectivity index (χ1) is 12.7. The molecule has 0 amide bonds. The van der Waals surface area contributed by atoms with E-state index in [1.54, 1.807) is 0 Å². The predicted octanol–water partition coefficient (Wildman–Crippen LogP) is 5.53. The van der Waals surface area contributed by atoms with Crippen molar-refractivity contribution in [2.24, 2.45) is 0 Å². The monoisotopic (exact) mass is 358 g/mol. The Bertz CT molecular complexity index is 873. The van der Waals surface area contributed by atoms with E-state index >= 15 is 0 Å². The van der Waals surface area contributed by atoms with Crippen molar-refractivity contribution in [3.63, 3.8) is 0 Å². The molecule has 0 saturated heterocycles. The Labute approximate surface area is 156 Å². The van der Waals surface area contributed by atoms with Gasteiger partial charge in [-0.05, 0) is 29.2 Å². The minimum absolute atomic E-state index is 0.595. The SMILES string of the molecule is C=Cc1cc(C=C)cc(CCP(=O)(c2ccccc2)c2ccccc2)c1. The lowest BCUT2D eigenvalue weighted by Gasteiger charge is -2.19. The molecule has 0 saturated carbocycles. The van der Waals surface area contributed by atoms with Crippen LogP contribution in [0.1, 0.15) is 16.7 Å². The summed E-state index contributed by atoms with van der Waals surface area (Å²) in [6.45, 7) is 7.72. The molecule has 0 aliphatic rings. The molecule has 0 aliphatic carbocycles. The van der Waals surface area contributed by atoms with Gasteiger partial charge in [-0.2, -0.15) is 0 Å². The molecule has 0 N–H and O–H groups in total. The van der Waals surface area contributed by atoms with Crippen molar-refractivity contribution in [3.8, 4) is 0 Å². The van der Waals surface area contributed by atoms with Crippen LogP contribution < -0.4 is 10.6 Å². The molecule has 1 nitrogen and oxygen atoms in total. The Hall–Kier alpha value is -2.63. The Morgan fingerprint density at radius 3 is 1.62 bits per heavy atom. The summed E-state index contributed by atoms with van der Waals surface area (Å²) in [5.74, 6) is 0. The molecule has 0 atom stereocenters. The summed E-state index contributed by atoms with van der Waals surface area (Å²) in [4.78, 5) is 0. The smallest absolute Gasteiger partial charge is 0.143 e. The lowest BCUT2D eigenvalue weighted by atomic mass is 10.0. The van der Waals surface area contributed by atoms with Crippen LogP contribution in [0.25, 0.3) is 12.2 Å². The van der Waals surface area contributed by atoms with Gasteiger partial charge in [0.05, 0.1) is 0 Å². The van der Waals surface area contributed by atoms with Crippen LogP contribution in [0.15, 0.2) is 92.0 Å². The summed E-state index contributed by atoms with van der Waals surface area (Å²) >= 11 is 0.